The highest BCUT2D eigenvalue weighted by molar-refractivity contribution is 6.33. The van der Waals surface area contributed by atoms with Crippen LogP contribution >= 0.6 is 24.0 Å². The molecule has 0 aromatic heterocycles. The van der Waals surface area contributed by atoms with Crippen LogP contribution in [0.15, 0.2) is 6.07 Å². The molecule has 0 saturated carbocycles. The lowest BCUT2D eigenvalue weighted by Gasteiger charge is -2.33. The van der Waals surface area contributed by atoms with E-state index in [9.17, 15) is 9.90 Å². The highest BCUT2D eigenvalue weighted by atomic mass is 35.5. The smallest absolute Gasteiger partial charge is 0.339 e. The summed E-state index contributed by atoms with van der Waals surface area (Å²) in [5.41, 5.74) is 7.38. The summed E-state index contributed by atoms with van der Waals surface area (Å²) in [5.74, 6) is -0.273. The fourth-order valence-corrected chi connectivity index (χ4v) is 3.71. The van der Waals surface area contributed by atoms with Gasteiger partial charge in [-0.1, -0.05) is 24.9 Å². The number of benzene rings is 1. The molecular weight excluding hydrogens is 363 g/mol. The number of rotatable bonds is 7. The number of carboxylic acids is 1. The van der Waals surface area contributed by atoms with E-state index in [1.165, 1.54) is 26.0 Å². The zero-order valence-electron chi connectivity index (χ0n) is 14.9. The monoisotopic (exact) mass is 390 g/mol. The van der Waals surface area contributed by atoms with E-state index in [0.717, 1.165) is 38.0 Å². The fourth-order valence-electron chi connectivity index (χ4n) is 3.49. The first-order valence-electron chi connectivity index (χ1n) is 8.58. The molecule has 1 heterocycles. The first-order valence-corrected chi connectivity index (χ1v) is 8.96. The van der Waals surface area contributed by atoms with Crippen molar-refractivity contribution in [1.82, 2.24) is 4.90 Å². The zero-order valence-corrected chi connectivity index (χ0v) is 16.5. The van der Waals surface area contributed by atoms with Crippen LogP contribution in [0.1, 0.15) is 48.5 Å². The molecule has 0 radical (unpaired) electrons. The molecule has 1 aromatic carbocycles. The standard InChI is InChI=1S/C18H27ClN2O3.ClH/c1-3-4-7-21-8-5-6-12(11-21)9-13-16(20)15(19)10-14(18(22)23)17(13)24-2;/h10,12H,3-9,11,20H2,1-2H3,(H,22,23);1H. The van der Waals surface area contributed by atoms with Crippen LogP contribution in [-0.2, 0) is 6.42 Å². The molecule has 1 aliphatic heterocycles. The Morgan fingerprint density at radius 3 is 2.84 bits per heavy atom. The molecule has 1 fully saturated rings. The van der Waals surface area contributed by atoms with Crippen molar-refractivity contribution < 1.29 is 14.6 Å². The molecule has 25 heavy (non-hydrogen) atoms. The number of methoxy groups -OCH3 is 1. The molecule has 3 N–H and O–H groups in total. The van der Waals surface area contributed by atoms with Gasteiger partial charge in [0.15, 0.2) is 0 Å². The topological polar surface area (TPSA) is 75.8 Å². The zero-order chi connectivity index (χ0) is 17.7. The second-order valence-corrected chi connectivity index (χ2v) is 6.91. The van der Waals surface area contributed by atoms with Gasteiger partial charge in [-0.2, -0.15) is 0 Å². The molecule has 1 atom stereocenters. The van der Waals surface area contributed by atoms with Gasteiger partial charge in [0.1, 0.15) is 11.3 Å². The van der Waals surface area contributed by atoms with E-state index in [1.807, 2.05) is 0 Å². The number of unbranched alkanes of at least 4 members (excludes halogenated alkanes) is 1. The number of nitrogens with two attached hydrogens (primary N) is 1. The molecule has 0 aliphatic carbocycles. The van der Waals surface area contributed by atoms with Crippen LogP contribution in [0.3, 0.4) is 0 Å². The maximum Gasteiger partial charge on any atom is 0.339 e. The van der Waals surface area contributed by atoms with Crippen molar-refractivity contribution in [3.8, 4) is 5.75 Å². The second kappa shape index (κ2) is 10.1. The van der Waals surface area contributed by atoms with Crippen LogP contribution in [0.25, 0.3) is 0 Å². The van der Waals surface area contributed by atoms with Gasteiger partial charge in [0, 0.05) is 12.1 Å². The summed E-state index contributed by atoms with van der Waals surface area (Å²) in [5, 5.41) is 9.67. The number of hydrogen-bond donors (Lipinski definition) is 2. The fraction of sp³-hybridized carbons (Fsp3) is 0.611. The van der Waals surface area contributed by atoms with Crippen LogP contribution in [-0.4, -0.2) is 42.7 Å². The molecule has 5 nitrogen and oxygen atoms in total. The van der Waals surface area contributed by atoms with Crippen molar-refractivity contribution in [2.24, 2.45) is 5.92 Å². The van der Waals surface area contributed by atoms with Crippen LogP contribution in [0.5, 0.6) is 5.75 Å². The van der Waals surface area contributed by atoms with Gasteiger partial charge in [0.2, 0.25) is 0 Å². The van der Waals surface area contributed by atoms with Gasteiger partial charge in [-0.25, -0.2) is 4.79 Å². The van der Waals surface area contributed by atoms with Crippen molar-refractivity contribution in [3.63, 3.8) is 0 Å². The minimum Gasteiger partial charge on any atom is -0.495 e. The first-order chi connectivity index (χ1) is 11.5. The maximum absolute atomic E-state index is 11.5. The first kappa shape index (κ1) is 21.9. The molecule has 1 unspecified atom stereocenters. The van der Waals surface area contributed by atoms with Gasteiger partial charge in [-0.15, -0.1) is 12.4 Å². The number of piperidine rings is 1. The van der Waals surface area contributed by atoms with E-state index in [1.54, 1.807) is 0 Å². The van der Waals surface area contributed by atoms with E-state index in [0.29, 0.717) is 23.8 Å². The predicted molar refractivity (Wildman–Crippen MR) is 104 cm³/mol. The number of nitrogens with zero attached hydrogens (tertiary/aromatic N) is 1. The Morgan fingerprint density at radius 2 is 2.24 bits per heavy atom. The minimum absolute atomic E-state index is 0. The molecule has 0 amide bonds. The molecule has 142 valence electrons. The minimum atomic E-state index is -1.05. The number of likely N-dealkylation sites (tertiary alicyclic amines) is 1. The summed E-state index contributed by atoms with van der Waals surface area (Å²) in [6.45, 7) is 5.47. The Hall–Kier alpha value is -1.17. The van der Waals surface area contributed by atoms with Gasteiger partial charge < -0.3 is 20.5 Å². The van der Waals surface area contributed by atoms with Crippen molar-refractivity contribution in [1.29, 1.82) is 0 Å². The van der Waals surface area contributed by atoms with Gasteiger partial charge in [-0.05, 0) is 50.8 Å². The highest BCUT2D eigenvalue weighted by Crippen LogP contribution is 2.37. The maximum atomic E-state index is 11.5. The second-order valence-electron chi connectivity index (χ2n) is 6.50. The van der Waals surface area contributed by atoms with E-state index in [-0.39, 0.29) is 23.0 Å². The lowest BCUT2D eigenvalue weighted by Crippen LogP contribution is -2.37. The van der Waals surface area contributed by atoms with Gasteiger partial charge in [-0.3, -0.25) is 0 Å². The normalized spacial score (nSPS) is 17.8. The van der Waals surface area contributed by atoms with E-state index < -0.39 is 5.97 Å². The number of anilines is 1. The summed E-state index contributed by atoms with van der Waals surface area (Å²) in [7, 11) is 1.48. The lowest BCUT2D eigenvalue weighted by atomic mass is 9.89. The predicted octanol–water partition coefficient (Wildman–Crippen LogP) is 4.11. The van der Waals surface area contributed by atoms with Gasteiger partial charge >= 0.3 is 5.97 Å². The third-order valence-corrected chi connectivity index (χ3v) is 5.04. The quantitative estimate of drug-likeness (QED) is 0.685. The van der Waals surface area contributed by atoms with E-state index in [2.05, 4.69) is 11.8 Å². The van der Waals surface area contributed by atoms with Crippen molar-refractivity contribution in [3.05, 3.63) is 22.2 Å². The summed E-state index contributed by atoms with van der Waals surface area (Å²) in [4.78, 5) is 14.0. The van der Waals surface area contributed by atoms with Crippen molar-refractivity contribution >= 4 is 35.7 Å². The van der Waals surface area contributed by atoms with Crippen molar-refractivity contribution in [2.45, 2.75) is 39.0 Å². The van der Waals surface area contributed by atoms with Crippen LogP contribution in [0, 0.1) is 5.92 Å². The number of carboxylic acid groups (broad SMARTS) is 1. The molecule has 1 saturated heterocycles. The van der Waals surface area contributed by atoms with Gasteiger partial charge in [0.05, 0.1) is 17.8 Å². The molecule has 1 aliphatic rings. The Kier molecular flexibility index (Phi) is 8.83. The third kappa shape index (κ3) is 5.40. The largest absolute Gasteiger partial charge is 0.495 e. The Bertz CT molecular complexity index is 596. The lowest BCUT2D eigenvalue weighted by molar-refractivity contribution is 0.0693. The highest BCUT2D eigenvalue weighted by Gasteiger charge is 2.25. The van der Waals surface area contributed by atoms with E-state index in [4.69, 9.17) is 22.1 Å². The number of nitrogen functional groups attached to an aromatic ring is 1. The van der Waals surface area contributed by atoms with Gasteiger partial charge in [0.25, 0.3) is 0 Å². The van der Waals surface area contributed by atoms with Crippen LogP contribution < -0.4 is 10.5 Å². The van der Waals surface area contributed by atoms with Crippen molar-refractivity contribution in [2.75, 3.05) is 32.5 Å². The molecule has 0 spiro atoms. The van der Waals surface area contributed by atoms with Crippen LogP contribution in [0.4, 0.5) is 5.69 Å². The van der Waals surface area contributed by atoms with Crippen LogP contribution in [0.2, 0.25) is 5.02 Å². The van der Waals surface area contributed by atoms with E-state index >= 15 is 0 Å². The Labute approximate surface area is 160 Å². The Morgan fingerprint density at radius 1 is 1.52 bits per heavy atom. The number of carbonyl (C=O) groups is 1. The number of halogens is 2. The summed E-state index contributed by atoms with van der Waals surface area (Å²) < 4.78 is 5.37. The number of aromatic carboxylic acids is 1. The summed E-state index contributed by atoms with van der Waals surface area (Å²) in [6, 6.07) is 1.37. The molecule has 1 aromatic rings. The molecule has 2 rings (SSSR count). The summed E-state index contributed by atoms with van der Waals surface area (Å²) >= 11 is 6.15. The number of ether oxygens (including phenoxy) is 1. The summed E-state index contributed by atoms with van der Waals surface area (Å²) in [6.07, 6.45) is 5.36. The average Bonchev–Trinajstić information content (AvgIpc) is 2.57. The number of hydrogen-bond acceptors (Lipinski definition) is 4. The third-order valence-electron chi connectivity index (χ3n) is 4.73. The Balaban J connectivity index is 0.00000312. The molecule has 0 bridgehead atoms. The molecule has 7 heteroatoms. The molecular formula is C18H28Cl2N2O3. The average molecular weight is 391 g/mol. The SMILES string of the molecule is CCCCN1CCCC(Cc2c(N)c(Cl)cc(C(=O)O)c2OC)C1.Cl.